The van der Waals surface area contributed by atoms with E-state index >= 15 is 0 Å². The van der Waals surface area contributed by atoms with E-state index in [1.807, 2.05) is 18.2 Å². The molecule has 2 N–H and O–H groups in total. The van der Waals surface area contributed by atoms with Crippen molar-refractivity contribution in [1.82, 2.24) is 5.32 Å². The Morgan fingerprint density at radius 2 is 1.75 bits per heavy atom. The summed E-state index contributed by atoms with van der Waals surface area (Å²) in [5.74, 6) is 0.502. The van der Waals surface area contributed by atoms with Gasteiger partial charge in [0.05, 0.1) is 30.8 Å². The van der Waals surface area contributed by atoms with E-state index in [0.717, 1.165) is 5.56 Å². The van der Waals surface area contributed by atoms with Gasteiger partial charge in [-0.15, -0.1) is 0 Å². The van der Waals surface area contributed by atoms with E-state index in [1.165, 1.54) is 38.3 Å². The first-order valence-electron chi connectivity index (χ1n) is 8.41. The van der Waals surface area contributed by atoms with Crippen LogP contribution in [0.3, 0.4) is 0 Å². The minimum Gasteiger partial charge on any atom is -0.497 e. The minimum absolute atomic E-state index is 0.0409. The fraction of sp³-hybridized carbons (Fsp3) is 0.316. The highest BCUT2D eigenvalue weighted by Crippen LogP contribution is 2.19. The molecule has 0 bridgehead atoms. The van der Waals surface area contributed by atoms with Gasteiger partial charge in [-0.25, -0.2) is 4.79 Å². The van der Waals surface area contributed by atoms with Crippen LogP contribution in [-0.2, 0) is 25.6 Å². The summed E-state index contributed by atoms with van der Waals surface area (Å²) >= 11 is 0. The molecule has 0 aliphatic heterocycles. The Kier molecular flexibility index (Phi) is 7.38. The van der Waals surface area contributed by atoms with Crippen molar-refractivity contribution in [3.05, 3.63) is 60.2 Å². The van der Waals surface area contributed by atoms with E-state index in [0.29, 0.717) is 5.75 Å². The van der Waals surface area contributed by atoms with Crippen LogP contribution < -0.4 is 10.1 Å². The van der Waals surface area contributed by atoms with Gasteiger partial charge in [-0.05, 0) is 36.8 Å². The van der Waals surface area contributed by atoms with Crippen LogP contribution in [0.25, 0.3) is 0 Å². The zero-order valence-electron chi connectivity index (χ0n) is 15.6. The lowest BCUT2D eigenvalue weighted by molar-refractivity contribution is 0.0895. The molecule has 0 spiro atoms. The highest BCUT2D eigenvalue weighted by Gasteiger charge is 2.30. The van der Waals surface area contributed by atoms with E-state index in [1.54, 1.807) is 12.1 Å². The average Bonchev–Trinajstić information content (AvgIpc) is 2.72. The van der Waals surface area contributed by atoms with E-state index in [2.05, 4.69) is 5.32 Å². The molecule has 28 heavy (non-hydrogen) atoms. The molecule has 0 aromatic heterocycles. The third-order valence-corrected chi connectivity index (χ3v) is 5.12. The summed E-state index contributed by atoms with van der Waals surface area (Å²) in [7, 11) is -2.61. The minimum atomic E-state index is -4.08. The number of nitrogens with one attached hydrogen (secondary N) is 1. The van der Waals surface area contributed by atoms with Crippen LogP contribution in [-0.4, -0.2) is 45.5 Å². The van der Waals surface area contributed by atoms with Crippen LogP contribution >= 0.6 is 0 Å². The van der Waals surface area contributed by atoms with Crippen molar-refractivity contribution in [3.8, 4) is 5.75 Å². The molecule has 0 heterocycles. The fourth-order valence-corrected chi connectivity index (χ4v) is 3.17. The van der Waals surface area contributed by atoms with Gasteiger partial charge in [0.15, 0.2) is 0 Å². The number of ether oxygens (including phenoxy) is 2. The summed E-state index contributed by atoms with van der Waals surface area (Å²) in [5.41, 5.74) is -0.561. The first-order chi connectivity index (χ1) is 13.3. The van der Waals surface area contributed by atoms with Crippen LogP contribution in [0.15, 0.2) is 59.5 Å². The summed E-state index contributed by atoms with van der Waals surface area (Å²) in [5, 5.41) is 12.0. The van der Waals surface area contributed by atoms with Gasteiger partial charge in [0.25, 0.3) is 10.1 Å². The Balaban J connectivity index is 1.93. The van der Waals surface area contributed by atoms with Gasteiger partial charge in [-0.1, -0.05) is 30.3 Å². The van der Waals surface area contributed by atoms with E-state index in [9.17, 15) is 18.3 Å². The first kappa shape index (κ1) is 21.7. The molecule has 0 aliphatic rings. The van der Waals surface area contributed by atoms with Gasteiger partial charge in [0, 0.05) is 0 Å². The molecule has 0 aliphatic carbocycles. The second kappa shape index (κ2) is 9.54. The number of aliphatic hydroxyl groups is 1. The third-order valence-electron chi connectivity index (χ3n) is 3.85. The van der Waals surface area contributed by atoms with Crippen molar-refractivity contribution in [2.75, 3.05) is 20.3 Å². The van der Waals surface area contributed by atoms with E-state index in [4.69, 9.17) is 13.7 Å². The normalized spacial score (nSPS) is 13.4. The lowest BCUT2D eigenvalue weighted by atomic mass is 10.1. The molecule has 2 aromatic carbocycles. The van der Waals surface area contributed by atoms with Crippen LogP contribution in [0.2, 0.25) is 0 Å². The summed E-state index contributed by atoms with van der Waals surface area (Å²) in [6.07, 6.45) is -0.800. The summed E-state index contributed by atoms with van der Waals surface area (Å²) in [4.78, 5) is 11.9. The molecular formula is C19H23NO7S. The van der Waals surface area contributed by atoms with Crippen molar-refractivity contribution in [2.45, 2.75) is 24.0 Å². The van der Waals surface area contributed by atoms with Crippen molar-refractivity contribution < 1.29 is 32.0 Å². The van der Waals surface area contributed by atoms with E-state index < -0.39 is 35.0 Å². The number of benzene rings is 2. The number of hydrogen-bond donors (Lipinski definition) is 2. The zero-order chi connectivity index (χ0) is 20.6. The van der Waals surface area contributed by atoms with Gasteiger partial charge in [0.1, 0.15) is 12.4 Å². The number of amides is 1. The predicted octanol–water partition coefficient (Wildman–Crippen LogP) is 2.08. The van der Waals surface area contributed by atoms with Crippen molar-refractivity contribution in [2.24, 2.45) is 0 Å². The van der Waals surface area contributed by atoms with Crippen molar-refractivity contribution >= 4 is 16.2 Å². The Morgan fingerprint density at radius 3 is 2.32 bits per heavy atom. The number of aliphatic hydroxyl groups excluding tert-OH is 1. The van der Waals surface area contributed by atoms with Crippen LogP contribution in [0.5, 0.6) is 5.75 Å². The number of alkyl carbamates (subject to hydrolysis) is 1. The maximum atomic E-state index is 12.3. The van der Waals surface area contributed by atoms with Crippen molar-refractivity contribution in [1.29, 1.82) is 0 Å². The zero-order valence-corrected chi connectivity index (χ0v) is 16.4. The number of carbonyl (C=O) groups excluding carboxylic acids is 1. The molecule has 0 unspecified atom stereocenters. The largest absolute Gasteiger partial charge is 0.497 e. The van der Waals surface area contributed by atoms with Gasteiger partial charge in [-0.3, -0.25) is 4.18 Å². The molecule has 152 valence electrons. The molecule has 0 fully saturated rings. The SMILES string of the molecule is COc1ccc(S(=O)(=O)OC[C@@](C)(CO)NC(=O)OCc2ccccc2)cc1. The standard InChI is InChI=1S/C19H23NO7S/c1-19(13-21,20-18(22)26-12-15-6-4-3-5-7-15)14-27-28(23,24)17-10-8-16(25-2)9-11-17/h3-11,21H,12-14H2,1-2H3,(H,20,22)/t19-/m1/s1. The fourth-order valence-electron chi connectivity index (χ4n) is 2.14. The topological polar surface area (TPSA) is 111 Å². The highest BCUT2D eigenvalue weighted by molar-refractivity contribution is 7.86. The molecule has 1 atom stereocenters. The molecule has 9 heteroatoms. The number of hydrogen-bond acceptors (Lipinski definition) is 7. The molecule has 0 saturated heterocycles. The second-order valence-electron chi connectivity index (χ2n) is 6.30. The van der Waals surface area contributed by atoms with E-state index in [-0.39, 0.29) is 11.5 Å². The third kappa shape index (κ3) is 6.22. The molecular weight excluding hydrogens is 386 g/mol. The second-order valence-corrected chi connectivity index (χ2v) is 7.91. The smallest absolute Gasteiger partial charge is 0.408 e. The van der Waals surface area contributed by atoms with Gasteiger partial charge in [-0.2, -0.15) is 8.42 Å². The lowest BCUT2D eigenvalue weighted by Crippen LogP contribution is -2.52. The maximum Gasteiger partial charge on any atom is 0.408 e. The average molecular weight is 409 g/mol. The molecule has 2 aromatic rings. The monoisotopic (exact) mass is 409 g/mol. The lowest BCUT2D eigenvalue weighted by Gasteiger charge is -2.27. The highest BCUT2D eigenvalue weighted by atomic mass is 32.2. The molecule has 0 saturated carbocycles. The quantitative estimate of drug-likeness (QED) is 0.610. The Labute approximate surface area is 164 Å². The van der Waals surface area contributed by atoms with Crippen molar-refractivity contribution in [3.63, 3.8) is 0 Å². The van der Waals surface area contributed by atoms with Crippen LogP contribution in [0, 0.1) is 0 Å². The summed E-state index contributed by atoms with van der Waals surface area (Å²) in [6.45, 7) is 0.462. The molecule has 8 nitrogen and oxygen atoms in total. The van der Waals surface area contributed by atoms with Crippen LogP contribution in [0.1, 0.15) is 12.5 Å². The predicted molar refractivity (Wildman–Crippen MR) is 101 cm³/mol. The number of carbonyl (C=O) groups is 1. The Bertz CT molecular complexity index is 869. The molecule has 1 amide bonds. The van der Waals surface area contributed by atoms with Crippen LogP contribution in [0.4, 0.5) is 4.79 Å². The Morgan fingerprint density at radius 1 is 1.11 bits per heavy atom. The first-order valence-corrected chi connectivity index (χ1v) is 9.82. The maximum absolute atomic E-state index is 12.3. The summed E-state index contributed by atoms with van der Waals surface area (Å²) in [6, 6.07) is 14.7. The van der Waals surface area contributed by atoms with Gasteiger partial charge >= 0.3 is 6.09 Å². The van der Waals surface area contributed by atoms with Gasteiger partial charge in [0.2, 0.25) is 0 Å². The number of methoxy groups -OCH3 is 1. The molecule has 0 radical (unpaired) electrons. The molecule has 2 rings (SSSR count). The summed E-state index contributed by atoms with van der Waals surface area (Å²) < 4.78 is 39.7. The number of rotatable bonds is 9. The Hall–Kier alpha value is -2.62. The van der Waals surface area contributed by atoms with Gasteiger partial charge < -0.3 is 19.9 Å².